The molecule has 2 aromatic heterocycles. The number of carbonyl (C=O) groups excluding carboxylic acids is 2. The Kier molecular flexibility index (Phi) is 6.64. The van der Waals surface area contributed by atoms with Gasteiger partial charge in [0.25, 0.3) is 5.91 Å². The Bertz CT molecular complexity index is 1390. The highest BCUT2D eigenvalue weighted by Crippen LogP contribution is 2.36. The summed E-state index contributed by atoms with van der Waals surface area (Å²) in [5.74, 6) is 0.541. The molecule has 184 valence electrons. The van der Waals surface area contributed by atoms with Gasteiger partial charge in [0.2, 0.25) is 5.91 Å². The van der Waals surface area contributed by atoms with Crippen LogP contribution in [-0.2, 0) is 4.79 Å². The lowest BCUT2D eigenvalue weighted by Gasteiger charge is -2.31. The molecule has 0 unspecified atom stereocenters. The van der Waals surface area contributed by atoms with Gasteiger partial charge in [-0.1, -0.05) is 30.3 Å². The minimum Gasteiger partial charge on any atom is -0.382 e. The van der Waals surface area contributed by atoms with Crippen molar-refractivity contribution in [2.24, 2.45) is 0 Å². The van der Waals surface area contributed by atoms with Crippen LogP contribution >= 0.6 is 0 Å². The molecule has 3 heterocycles. The second-order valence-corrected chi connectivity index (χ2v) is 8.97. The van der Waals surface area contributed by atoms with Gasteiger partial charge in [-0.2, -0.15) is 5.10 Å². The van der Waals surface area contributed by atoms with E-state index >= 15 is 0 Å². The Morgan fingerprint density at radius 2 is 1.83 bits per heavy atom. The number of amides is 2. The van der Waals surface area contributed by atoms with Crippen molar-refractivity contribution in [1.29, 1.82) is 0 Å². The number of nitrogen functional groups attached to an aromatic ring is 1. The van der Waals surface area contributed by atoms with Crippen LogP contribution in [0.25, 0.3) is 16.6 Å². The van der Waals surface area contributed by atoms with E-state index in [1.807, 2.05) is 57.9 Å². The van der Waals surface area contributed by atoms with Crippen LogP contribution in [0.1, 0.15) is 34.8 Å². The molecule has 9 heteroatoms. The first kappa shape index (κ1) is 23.5. The first-order valence-corrected chi connectivity index (χ1v) is 12.1. The lowest BCUT2D eigenvalue weighted by atomic mass is 9.92. The zero-order chi connectivity index (χ0) is 25.1. The number of para-hydroxylation sites is 1. The first-order valence-electron chi connectivity index (χ1n) is 12.1. The van der Waals surface area contributed by atoms with Crippen LogP contribution in [0.5, 0.6) is 0 Å². The molecule has 2 amide bonds. The monoisotopic (exact) mass is 483 g/mol. The van der Waals surface area contributed by atoms with E-state index in [4.69, 9.17) is 5.73 Å². The second-order valence-electron chi connectivity index (χ2n) is 8.97. The van der Waals surface area contributed by atoms with E-state index in [0.29, 0.717) is 31.0 Å². The van der Waals surface area contributed by atoms with Crippen LogP contribution < -0.4 is 16.4 Å². The molecule has 0 saturated carbocycles. The molecular formula is C27H29N7O2. The number of fused-ring (bicyclic) bond motifs is 1. The number of likely N-dealkylation sites (N-methyl/N-ethyl adjacent to an activating group) is 1. The van der Waals surface area contributed by atoms with E-state index in [-0.39, 0.29) is 17.7 Å². The molecular weight excluding hydrogens is 454 g/mol. The van der Waals surface area contributed by atoms with Gasteiger partial charge in [-0.3, -0.25) is 9.59 Å². The molecule has 4 aromatic rings. The molecule has 1 fully saturated rings. The zero-order valence-electron chi connectivity index (χ0n) is 20.1. The standard InChI is InChI=1S/C27H29N7O2/c1-29-16-24(35)33-12-10-18(11-13-33)23-15-22(25-26(28)30-17-31-34(23)25)19-6-5-7-20(14-19)27(36)32-21-8-3-2-4-9-21/h2-9,14-15,17-18,29H,10-13,16H2,1H3,(H,32,36)(H2,28,30,31). The van der Waals surface area contributed by atoms with E-state index in [9.17, 15) is 9.59 Å². The number of likely N-dealkylation sites (tertiary alicyclic amines) is 1. The lowest BCUT2D eigenvalue weighted by Crippen LogP contribution is -2.42. The van der Waals surface area contributed by atoms with Crippen molar-refractivity contribution in [2.75, 3.05) is 37.7 Å². The third-order valence-corrected chi connectivity index (χ3v) is 6.67. The summed E-state index contributed by atoms with van der Waals surface area (Å²) in [4.78, 5) is 31.3. The number of aromatic nitrogens is 3. The summed E-state index contributed by atoms with van der Waals surface area (Å²) in [5, 5.41) is 10.4. The van der Waals surface area contributed by atoms with E-state index in [1.165, 1.54) is 6.33 Å². The van der Waals surface area contributed by atoms with Crippen LogP contribution in [0.4, 0.5) is 11.5 Å². The summed E-state index contributed by atoms with van der Waals surface area (Å²) in [7, 11) is 1.78. The van der Waals surface area contributed by atoms with Crippen LogP contribution in [0.2, 0.25) is 0 Å². The SMILES string of the molecule is CNCC(=O)N1CCC(c2cc(-c3cccc(C(=O)Nc4ccccc4)c3)c3c(N)ncnn23)CC1. The highest BCUT2D eigenvalue weighted by Gasteiger charge is 2.27. The quantitative estimate of drug-likeness (QED) is 0.388. The minimum atomic E-state index is -0.186. The number of nitrogens with two attached hydrogens (primary N) is 1. The first-order chi connectivity index (χ1) is 17.5. The van der Waals surface area contributed by atoms with Gasteiger partial charge in [0.15, 0.2) is 5.82 Å². The van der Waals surface area contributed by atoms with Gasteiger partial charge in [-0.05, 0) is 55.8 Å². The molecule has 0 aliphatic carbocycles. The minimum absolute atomic E-state index is 0.119. The van der Waals surface area contributed by atoms with Gasteiger partial charge in [0.05, 0.1) is 6.54 Å². The van der Waals surface area contributed by atoms with Gasteiger partial charge in [0, 0.05) is 41.5 Å². The van der Waals surface area contributed by atoms with Crippen LogP contribution in [-0.4, -0.2) is 58.0 Å². The Labute approximate surface area is 209 Å². The van der Waals surface area contributed by atoms with E-state index in [1.54, 1.807) is 13.1 Å². The van der Waals surface area contributed by atoms with Crippen molar-refractivity contribution >= 4 is 28.8 Å². The van der Waals surface area contributed by atoms with E-state index < -0.39 is 0 Å². The maximum Gasteiger partial charge on any atom is 0.255 e. The largest absolute Gasteiger partial charge is 0.382 e. The second kappa shape index (κ2) is 10.2. The molecule has 0 radical (unpaired) electrons. The van der Waals surface area contributed by atoms with Crippen molar-refractivity contribution in [3.8, 4) is 11.1 Å². The predicted octanol–water partition coefficient (Wildman–Crippen LogP) is 3.16. The van der Waals surface area contributed by atoms with Gasteiger partial charge >= 0.3 is 0 Å². The Morgan fingerprint density at radius 3 is 2.58 bits per heavy atom. The number of piperidine rings is 1. The summed E-state index contributed by atoms with van der Waals surface area (Å²) >= 11 is 0. The number of nitrogens with zero attached hydrogens (tertiary/aromatic N) is 4. The van der Waals surface area contributed by atoms with Gasteiger partial charge in [-0.25, -0.2) is 9.50 Å². The summed E-state index contributed by atoms with van der Waals surface area (Å²) in [6, 6.07) is 19.0. The van der Waals surface area contributed by atoms with Crippen LogP contribution in [0.3, 0.4) is 0 Å². The molecule has 0 spiro atoms. The highest BCUT2D eigenvalue weighted by molar-refractivity contribution is 6.05. The average molecular weight is 484 g/mol. The van der Waals surface area contributed by atoms with Gasteiger partial charge < -0.3 is 21.3 Å². The number of benzene rings is 2. The number of hydrogen-bond acceptors (Lipinski definition) is 6. The Balaban J connectivity index is 1.46. The summed E-state index contributed by atoms with van der Waals surface area (Å²) in [6.07, 6.45) is 3.14. The van der Waals surface area contributed by atoms with Crippen molar-refractivity contribution in [3.05, 3.63) is 78.2 Å². The summed E-state index contributed by atoms with van der Waals surface area (Å²) in [6.45, 7) is 1.74. The molecule has 1 saturated heterocycles. The van der Waals surface area contributed by atoms with E-state index in [2.05, 4.69) is 26.8 Å². The molecule has 0 bridgehead atoms. The Morgan fingerprint density at radius 1 is 1.06 bits per heavy atom. The number of hydrogen-bond donors (Lipinski definition) is 3. The Hall–Kier alpha value is -4.24. The molecule has 1 aliphatic heterocycles. The fraction of sp³-hybridized carbons (Fsp3) is 0.259. The summed E-state index contributed by atoms with van der Waals surface area (Å²) < 4.78 is 1.87. The predicted molar refractivity (Wildman–Crippen MR) is 140 cm³/mol. The number of rotatable bonds is 6. The number of carbonyl (C=O) groups is 2. The van der Waals surface area contributed by atoms with Crippen molar-refractivity contribution in [2.45, 2.75) is 18.8 Å². The lowest BCUT2D eigenvalue weighted by molar-refractivity contribution is -0.131. The fourth-order valence-corrected chi connectivity index (χ4v) is 4.84. The number of anilines is 2. The van der Waals surface area contributed by atoms with Crippen LogP contribution in [0.15, 0.2) is 67.0 Å². The third-order valence-electron chi connectivity index (χ3n) is 6.67. The number of nitrogens with one attached hydrogen (secondary N) is 2. The molecule has 5 rings (SSSR count). The van der Waals surface area contributed by atoms with E-state index in [0.717, 1.165) is 40.9 Å². The topological polar surface area (TPSA) is 118 Å². The zero-order valence-corrected chi connectivity index (χ0v) is 20.1. The summed E-state index contributed by atoms with van der Waals surface area (Å²) in [5.41, 5.74) is 11.1. The maximum atomic E-state index is 12.9. The molecule has 36 heavy (non-hydrogen) atoms. The van der Waals surface area contributed by atoms with Gasteiger partial charge in [0.1, 0.15) is 11.8 Å². The normalized spacial score (nSPS) is 14.2. The third kappa shape index (κ3) is 4.65. The molecule has 4 N–H and O–H groups in total. The van der Waals surface area contributed by atoms with Crippen molar-refractivity contribution in [3.63, 3.8) is 0 Å². The fourth-order valence-electron chi connectivity index (χ4n) is 4.84. The molecule has 1 aliphatic rings. The van der Waals surface area contributed by atoms with Gasteiger partial charge in [-0.15, -0.1) is 0 Å². The molecule has 2 aromatic carbocycles. The van der Waals surface area contributed by atoms with Crippen molar-refractivity contribution < 1.29 is 9.59 Å². The maximum absolute atomic E-state index is 12.9. The molecule has 0 atom stereocenters. The average Bonchev–Trinajstić information content (AvgIpc) is 3.31. The van der Waals surface area contributed by atoms with Crippen LogP contribution in [0, 0.1) is 0 Å². The van der Waals surface area contributed by atoms with Crippen molar-refractivity contribution in [1.82, 2.24) is 24.8 Å². The highest BCUT2D eigenvalue weighted by atomic mass is 16.2. The molecule has 9 nitrogen and oxygen atoms in total. The smallest absolute Gasteiger partial charge is 0.255 e.